The minimum atomic E-state index is -4.62. The zero-order valence-electron chi connectivity index (χ0n) is 10.5. The summed E-state index contributed by atoms with van der Waals surface area (Å²) in [6.07, 6.45) is -4.62. The zero-order chi connectivity index (χ0) is 14.8. The van der Waals surface area contributed by atoms with Crippen LogP contribution < -0.4 is 5.56 Å². The van der Waals surface area contributed by atoms with Gasteiger partial charge in [-0.1, -0.05) is 41.6 Å². The molecule has 2 rings (SSSR count). The van der Waals surface area contributed by atoms with Crippen LogP contribution in [0.25, 0.3) is 0 Å². The van der Waals surface area contributed by atoms with Gasteiger partial charge in [-0.2, -0.15) is 13.2 Å². The van der Waals surface area contributed by atoms with Crippen molar-refractivity contribution in [3.05, 3.63) is 57.5 Å². The number of halogens is 3. The summed E-state index contributed by atoms with van der Waals surface area (Å²) in [4.78, 5) is 16.9. The van der Waals surface area contributed by atoms with E-state index in [-0.39, 0.29) is 5.16 Å². The Balaban J connectivity index is 2.15. The molecule has 0 saturated heterocycles. The van der Waals surface area contributed by atoms with Crippen LogP contribution in [0.5, 0.6) is 0 Å². The molecular weight excluding hydrogens is 289 g/mol. The third kappa shape index (κ3) is 3.86. The second kappa shape index (κ2) is 5.70. The highest BCUT2D eigenvalue weighted by Crippen LogP contribution is 2.28. The van der Waals surface area contributed by atoms with Gasteiger partial charge in [-0.05, 0) is 12.5 Å². The topological polar surface area (TPSA) is 45.8 Å². The number of alkyl halides is 3. The molecule has 1 aromatic heterocycles. The van der Waals surface area contributed by atoms with E-state index < -0.39 is 17.4 Å². The number of aromatic nitrogens is 2. The van der Waals surface area contributed by atoms with E-state index >= 15 is 0 Å². The first-order chi connectivity index (χ1) is 9.34. The average Bonchev–Trinajstić information content (AvgIpc) is 2.36. The zero-order valence-corrected chi connectivity index (χ0v) is 11.3. The summed E-state index contributed by atoms with van der Waals surface area (Å²) < 4.78 is 37.6. The molecule has 1 aromatic carbocycles. The lowest BCUT2D eigenvalue weighted by Gasteiger charge is -2.07. The molecule has 1 heterocycles. The van der Waals surface area contributed by atoms with Crippen molar-refractivity contribution in [3.63, 3.8) is 0 Å². The van der Waals surface area contributed by atoms with Crippen molar-refractivity contribution in [2.24, 2.45) is 0 Å². The lowest BCUT2D eigenvalue weighted by molar-refractivity contribution is -0.141. The molecule has 20 heavy (non-hydrogen) atoms. The Morgan fingerprint density at radius 3 is 2.50 bits per heavy atom. The number of thioether (sulfide) groups is 1. The quantitative estimate of drug-likeness (QED) is 0.698. The number of nitrogens with one attached hydrogen (secondary N) is 1. The molecule has 0 fully saturated rings. The highest BCUT2D eigenvalue weighted by Gasteiger charge is 2.33. The molecule has 0 spiro atoms. The van der Waals surface area contributed by atoms with Crippen LogP contribution in [0.15, 0.2) is 40.3 Å². The largest absolute Gasteiger partial charge is 0.433 e. The van der Waals surface area contributed by atoms with Crippen LogP contribution in [0.1, 0.15) is 16.8 Å². The lowest BCUT2D eigenvalue weighted by Crippen LogP contribution is -2.16. The van der Waals surface area contributed by atoms with Gasteiger partial charge in [-0.25, -0.2) is 4.98 Å². The van der Waals surface area contributed by atoms with Crippen LogP contribution in [-0.4, -0.2) is 9.97 Å². The molecule has 0 aliphatic rings. The van der Waals surface area contributed by atoms with Gasteiger partial charge in [-0.3, -0.25) is 4.79 Å². The van der Waals surface area contributed by atoms with Crippen LogP contribution in [0.3, 0.4) is 0 Å². The van der Waals surface area contributed by atoms with Gasteiger partial charge < -0.3 is 4.98 Å². The second-order valence-electron chi connectivity index (χ2n) is 4.21. The molecule has 2 aromatic rings. The Morgan fingerprint density at radius 1 is 1.25 bits per heavy atom. The number of hydrogen-bond acceptors (Lipinski definition) is 3. The fraction of sp³-hybridized carbons (Fsp3) is 0.231. The molecule has 0 aliphatic heterocycles. The maximum atomic E-state index is 12.5. The van der Waals surface area contributed by atoms with E-state index in [0.29, 0.717) is 11.8 Å². The van der Waals surface area contributed by atoms with Crippen molar-refractivity contribution in [2.75, 3.05) is 0 Å². The van der Waals surface area contributed by atoms with Crippen molar-refractivity contribution in [1.29, 1.82) is 0 Å². The highest BCUT2D eigenvalue weighted by atomic mass is 32.2. The minimum absolute atomic E-state index is 0.0367. The normalized spacial score (nSPS) is 11.6. The molecule has 0 aliphatic carbocycles. The van der Waals surface area contributed by atoms with Crippen LogP contribution in [0.4, 0.5) is 13.2 Å². The highest BCUT2D eigenvalue weighted by molar-refractivity contribution is 7.98. The number of rotatable bonds is 3. The predicted octanol–water partition coefficient (Wildman–Crippen LogP) is 3.39. The third-order valence-corrected chi connectivity index (χ3v) is 3.45. The fourth-order valence-electron chi connectivity index (χ4n) is 1.48. The molecule has 0 saturated carbocycles. The van der Waals surface area contributed by atoms with Gasteiger partial charge in [0, 0.05) is 11.8 Å². The van der Waals surface area contributed by atoms with E-state index in [9.17, 15) is 18.0 Å². The van der Waals surface area contributed by atoms with E-state index in [0.717, 1.165) is 22.9 Å². The molecular formula is C13H11F3N2OS. The summed E-state index contributed by atoms with van der Waals surface area (Å²) in [5, 5.41) is -0.0367. The van der Waals surface area contributed by atoms with Gasteiger partial charge in [0.1, 0.15) is 0 Å². The van der Waals surface area contributed by atoms with E-state index in [1.165, 1.54) is 0 Å². The summed E-state index contributed by atoms with van der Waals surface area (Å²) in [5.74, 6) is 0.435. The Bertz CT molecular complexity index is 650. The Kier molecular flexibility index (Phi) is 4.17. The van der Waals surface area contributed by atoms with Crippen LogP contribution in [-0.2, 0) is 11.9 Å². The summed E-state index contributed by atoms with van der Waals surface area (Å²) in [6, 6.07) is 8.05. The van der Waals surface area contributed by atoms with Crippen molar-refractivity contribution in [3.8, 4) is 0 Å². The smallest absolute Gasteiger partial charge is 0.301 e. The van der Waals surface area contributed by atoms with Crippen LogP contribution >= 0.6 is 11.8 Å². The number of H-pyrrole nitrogens is 1. The van der Waals surface area contributed by atoms with Crippen molar-refractivity contribution >= 4 is 11.8 Å². The monoisotopic (exact) mass is 300 g/mol. The van der Waals surface area contributed by atoms with Crippen molar-refractivity contribution in [2.45, 2.75) is 24.0 Å². The molecule has 7 heteroatoms. The van der Waals surface area contributed by atoms with E-state index in [1.54, 1.807) is 0 Å². The summed E-state index contributed by atoms with van der Waals surface area (Å²) in [5.41, 5.74) is 0.0661. The predicted molar refractivity (Wildman–Crippen MR) is 70.6 cm³/mol. The van der Waals surface area contributed by atoms with Gasteiger partial charge in [0.05, 0.1) is 0 Å². The number of nitrogens with zero attached hydrogens (tertiary/aromatic N) is 1. The minimum Gasteiger partial charge on any atom is -0.301 e. The fourth-order valence-corrected chi connectivity index (χ4v) is 2.32. The Hall–Kier alpha value is -1.76. The molecule has 0 atom stereocenters. The Morgan fingerprint density at radius 2 is 1.90 bits per heavy atom. The van der Waals surface area contributed by atoms with Crippen molar-refractivity contribution < 1.29 is 13.2 Å². The maximum absolute atomic E-state index is 12.5. The first kappa shape index (κ1) is 14.6. The van der Waals surface area contributed by atoms with Gasteiger partial charge in [0.2, 0.25) is 0 Å². The lowest BCUT2D eigenvalue weighted by atomic mass is 10.2. The standard InChI is InChI=1S/C13H11F3N2OS/c1-8-2-4-9(5-3-8)7-20-12-17-10(13(14,15)16)6-11(19)18-12/h2-6H,7H2,1H3,(H,17,18,19). The van der Waals surface area contributed by atoms with Gasteiger partial charge in [0.25, 0.3) is 5.56 Å². The Labute approximate surface area is 117 Å². The molecule has 3 nitrogen and oxygen atoms in total. The first-order valence-electron chi connectivity index (χ1n) is 5.71. The van der Waals surface area contributed by atoms with E-state index in [2.05, 4.69) is 9.97 Å². The molecule has 0 radical (unpaired) electrons. The van der Waals surface area contributed by atoms with Crippen LogP contribution in [0.2, 0.25) is 0 Å². The third-order valence-electron chi connectivity index (χ3n) is 2.51. The number of benzene rings is 1. The van der Waals surface area contributed by atoms with Crippen LogP contribution in [0, 0.1) is 6.92 Å². The molecule has 0 unspecified atom stereocenters. The van der Waals surface area contributed by atoms with Gasteiger partial charge >= 0.3 is 6.18 Å². The van der Waals surface area contributed by atoms with E-state index in [4.69, 9.17) is 0 Å². The summed E-state index contributed by atoms with van der Waals surface area (Å²) in [6.45, 7) is 1.95. The molecule has 0 bridgehead atoms. The van der Waals surface area contributed by atoms with Gasteiger partial charge in [-0.15, -0.1) is 0 Å². The van der Waals surface area contributed by atoms with Crippen molar-refractivity contribution in [1.82, 2.24) is 9.97 Å². The SMILES string of the molecule is Cc1ccc(CSc2nc(C(F)(F)F)cc(=O)[nH]2)cc1. The van der Waals surface area contributed by atoms with E-state index in [1.807, 2.05) is 31.2 Å². The number of hydrogen-bond donors (Lipinski definition) is 1. The molecule has 0 amide bonds. The number of aromatic amines is 1. The second-order valence-corrected chi connectivity index (χ2v) is 5.17. The number of aryl methyl sites for hydroxylation is 1. The maximum Gasteiger partial charge on any atom is 0.433 e. The summed E-state index contributed by atoms with van der Waals surface area (Å²) >= 11 is 1.06. The molecule has 106 valence electrons. The summed E-state index contributed by atoms with van der Waals surface area (Å²) in [7, 11) is 0. The van der Waals surface area contributed by atoms with Gasteiger partial charge in [0.15, 0.2) is 10.9 Å². The first-order valence-corrected chi connectivity index (χ1v) is 6.70. The molecule has 1 N–H and O–H groups in total. The average molecular weight is 300 g/mol.